The molecule has 4 heteroatoms. The van der Waals surface area contributed by atoms with E-state index < -0.39 is 0 Å². The van der Waals surface area contributed by atoms with E-state index in [4.69, 9.17) is 0 Å². The molecule has 3 nitrogen and oxygen atoms in total. The Labute approximate surface area is 96.3 Å². The van der Waals surface area contributed by atoms with E-state index in [1.54, 1.807) is 0 Å². The quantitative estimate of drug-likeness (QED) is 0.732. The molecule has 0 aromatic carbocycles. The Balaban J connectivity index is 2.32. The third kappa shape index (κ3) is 4.43. The van der Waals surface area contributed by atoms with Crippen LogP contribution in [0.3, 0.4) is 0 Å². The van der Waals surface area contributed by atoms with Crippen LogP contribution in [0.4, 0.5) is 0 Å². The Morgan fingerprint density at radius 3 is 2.87 bits per heavy atom. The Hall–Kier alpha value is -0.220. The number of rotatable bonds is 5. The lowest BCUT2D eigenvalue weighted by atomic mass is 9.95. The van der Waals surface area contributed by atoms with Crippen LogP contribution in [-0.4, -0.2) is 36.7 Å². The van der Waals surface area contributed by atoms with Gasteiger partial charge in [0.25, 0.3) is 0 Å². The second kappa shape index (κ2) is 7.12. The van der Waals surface area contributed by atoms with Gasteiger partial charge in [-0.2, -0.15) is 11.8 Å². The summed E-state index contributed by atoms with van der Waals surface area (Å²) in [7, 11) is 1.43. The van der Waals surface area contributed by atoms with Gasteiger partial charge in [-0.25, -0.2) is 0 Å². The molecule has 0 radical (unpaired) electrons. The van der Waals surface area contributed by atoms with Gasteiger partial charge in [-0.15, -0.1) is 0 Å². The summed E-state index contributed by atoms with van der Waals surface area (Å²) < 4.78 is 4.63. The molecule has 0 bridgehead atoms. The van der Waals surface area contributed by atoms with Crippen molar-refractivity contribution in [3.63, 3.8) is 0 Å². The molecule has 1 fully saturated rings. The summed E-state index contributed by atoms with van der Waals surface area (Å²) in [6, 6.07) is 0.489. The minimum atomic E-state index is -0.166. The molecule has 1 aliphatic rings. The summed E-state index contributed by atoms with van der Waals surface area (Å²) >= 11 is 2.00. The van der Waals surface area contributed by atoms with E-state index in [1.165, 1.54) is 32.8 Å². The highest BCUT2D eigenvalue weighted by molar-refractivity contribution is 7.99. The molecule has 0 aliphatic heterocycles. The molecular formula is C11H21NO2S. The second-order valence-electron chi connectivity index (χ2n) is 3.84. The summed E-state index contributed by atoms with van der Waals surface area (Å²) in [5.41, 5.74) is 0. The lowest BCUT2D eigenvalue weighted by Crippen LogP contribution is -2.43. The molecule has 2 atom stereocenters. The summed E-state index contributed by atoms with van der Waals surface area (Å²) in [6.07, 6.45) is 5.07. The third-order valence-corrected chi connectivity index (χ3v) is 4.15. The fourth-order valence-electron chi connectivity index (χ4n) is 2.03. The average Bonchev–Trinajstić information content (AvgIpc) is 2.28. The molecule has 0 saturated heterocycles. The van der Waals surface area contributed by atoms with Crippen molar-refractivity contribution in [2.45, 2.75) is 43.9 Å². The number of hydrogen-bond donors (Lipinski definition) is 1. The van der Waals surface area contributed by atoms with Crippen LogP contribution in [-0.2, 0) is 9.53 Å². The Morgan fingerprint density at radius 2 is 2.20 bits per heavy atom. The molecule has 0 amide bonds. The molecule has 0 aromatic rings. The maximum Gasteiger partial charge on any atom is 0.319 e. The number of esters is 1. The van der Waals surface area contributed by atoms with Crippen molar-refractivity contribution in [3.8, 4) is 0 Å². The minimum absolute atomic E-state index is 0.166. The molecular weight excluding hydrogens is 210 g/mol. The number of carbonyl (C=O) groups is 1. The highest BCUT2D eigenvalue weighted by atomic mass is 32.2. The van der Waals surface area contributed by atoms with Crippen molar-refractivity contribution in [3.05, 3.63) is 0 Å². The van der Waals surface area contributed by atoms with E-state index in [1.807, 2.05) is 11.8 Å². The van der Waals surface area contributed by atoms with Crippen molar-refractivity contribution in [2.24, 2.45) is 0 Å². The molecule has 0 unspecified atom stereocenters. The molecule has 15 heavy (non-hydrogen) atoms. The van der Waals surface area contributed by atoms with E-state index >= 15 is 0 Å². The van der Waals surface area contributed by atoms with E-state index in [9.17, 15) is 4.79 Å². The molecule has 0 spiro atoms. The second-order valence-corrected chi connectivity index (χ2v) is 5.36. The first-order chi connectivity index (χ1) is 7.27. The lowest BCUT2D eigenvalue weighted by molar-refractivity contribution is -0.139. The van der Waals surface area contributed by atoms with Crippen molar-refractivity contribution in [1.82, 2.24) is 5.32 Å². The Morgan fingerprint density at radius 1 is 1.47 bits per heavy atom. The largest absolute Gasteiger partial charge is 0.468 e. The van der Waals surface area contributed by atoms with Gasteiger partial charge in [0.2, 0.25) is 0 Å². The first kappa shape index (κ1) is 12.8. The van der Waals surface area contributed by atoms with Crippen LogP contribution in [0.15, 0.2) is 0 Å². The topological polar surface area (TPSA) is 38.3 Å². The number of nitrogens with one attached hydrogen (secondary N) is 1. The van der Waals surface area contributed by atoms with Gasteiger partial charge in [0, 0.05) is 11.3 Å². The molecule has 1 rings (SSSR count). The highest BCUT2D eigenvalue weighted by Crippen LogP contribution is 2.28. The van der Waals surface area contributed by atoms with Crippen LogP contribution < -0.4 is 5.32 Å². The summed E-state index contributed by atoms with van der Waals surface area (Å²) in [5.74, 6) is 0.988. The predicted octanol–water partition coefficient (Wildman–Crippen LogP) is 1.81. The summed E-state index contributed by atoms with van der Waals surface area (Å²) in [4.78, 5) is 11.0. The van der Waals surface area contributed by atoms with E-state index in [0.717, 1.165) is 5.75 Å². The third-order valence-electron chi connectivity index (χ3n) is 2.82. The summed E-state index contributed by atoms with van der Waals surface area (Å²) in [5, 5.41) is 3.99. The van der Waals surface area contributed by atoms with Crippen LogP contribution in [0, 0.1) is 0 Å². The van der Waals surface area contributed by atoms with E-state index in [-0.39, 0.29) is 5.97 Å². The number of hydrogen-bond acceptors (Lipinski definition) is 4. The predicted molar refractivity (Wildman–Crippen MR) is 64.2 cm³/mol. The van der Waals surface area contributed by atoms with Gasteiger partial charge in [-0.3, -0.25) is 4.79 Å². The number of ether oxygens (including phenoxy) is 1. The Bertz CT molecular complexity index is 197. The number of carbonyl (C=O) groups excluding carboxylic acids is 1. The zero-order valence-electron chi connectivity index (χ0n) is 9.62. The van der Waals surface area contributed by atoms with Crippen LogP contribution in [0.2, 0.25) is 0 Å². The first-order valence-corrected chi connectivity index (χ1v) is 6.74. The lowest BCUT2D eigenvalue weighted by Gasteiger charge is -2.31. The van der Waals surface area contributed by atoms with Crippen molar-refractivity contribution < 1.29 is 9.53 Å². The summed E-state index contributed by atoms with van der Waals surface area (Å²) in [6.45, 7) is 2.54. The number of methoxy groups -OCH3 is 1. The van der Waals surface area contributed by atoms with Gasteiger partial charge in [0.1, 0.15) is 0 Å². The van der Waals surface area contributed by atoms with Crippen molar-refractivity contribution in [1.29, 1.82) is 0 Å². The van der Waals surface area contributed by atoms with Crippen molar-refractivity contribution in [2.75, 3.05) is 19.4 Å². The van der Waals surface area contributed by atoms with Gasteiger partial charge in [0.05, 0.1) is 13.7 Å². The monoisotopic (exact) mass is 231 g/mol. The zero-order valence-corrected chi connectivity index (χ0v) is 10.4. The van der Waals surface area contributed by atoms with Crippen LogP contribution in [0.25, 0.3) is 0 Å². The van der Waals surface area contributed by atoms with Crippen LogP contribution >= 0.6 is 11.8 Å². The normalized spacial score (nSPS) is 26.3. The maximum atomic E-state index is 11.0. The standard InChI is InChI=1S/C11H21NO2S/c1-3-15-10-7-5-4-6-9(10)12-8-11(13)14-2/h9-10,12H,3-8H2,1-2H3/t9-,10+/m1/s1. The SMILES string of the molecule is CCS[C@H]1CCCC[C@H]1NCC(=O)OC. The fraction of sp³-hybridized carbons (Fsp3) is 0.909. The first-order valence-electron chi connectivity index (χ1n) is 5.69. The zero-order chi connectivity index (χ0) is 11.1. The van der Waals surface area contributed by atoms with Crippen LogP contribution in [0.1, 0.15) is 32.6 Å². The van der Waals surface area contributed by atoms with Gasteiger partial charge in [-0.05, 0) is 18.6 Å². The van der Waals surface area contributed by atoms with E-state index in [0.29, 0.717) is 17.8 Å². The van der Waals surface area contributed by atoms with E-state index in [2.05, 4.69) is 17.0 Å². The molecule has 88 valence electrons. The van der Waals surface area contributed by atoms with Crippen molar-refractivity contribution >= 4 is 17.7 Å². The molecule has 1 saturated carbocycles. The smallest absolute Gasteiger partial charge is 0.319 e. The average molecular weight is 231 g/mol. The van der Waals surface area contributed by atoms with Gasteiger partial charge in [0.15, 0.2) is 0 Å². The number of thioether (sulfide) groups is 1. The molecule has 0 heterocycles. The van der Waals surface area contributed by atoms with Crippen LogP contribution in [0.5, 0.6) is 0 Å². The molecule has 1 N–H and O–H groups in total. The fourth-order valence-corrected chi connectivity index (χ4v) is 3.26. The maximum absolute atomic E-state index is 11.0. The van der Waals surface area contributed by atoms with Gasteiger partial charge < -0.3 is 10.1 Å². The highest BCUT2D eigenvalue weighted by Gasteiger charge is 2.24. The minimum Gasteiger partial charge on any atom is -0.468 e. The van der Waals surface area contributed by atoms with Gasteiger partial charge in [-0.1, -0.05) is 19.8 Å². The Kier molecular flexibility index (Phi) is 6.10. The molecule has 0 aromatic heterocycles. The molecule has 1 aliphatic carbocycles. The van der Waals surface area contributed by atoms with Gasteiger partial charge >= 0.3 is 5.97 Å².